The van der Waals surface area contributed by atoms with Crippen molar-refractivity contribution >= 4 is 12.0 Å². The number of aromatic nitrogens is 1. The Kier molecular flexibility index (Phi) is 6.14. The van der Waals surface area contributed by atoms with E-state index in [2.05, 4.69) is 47.0 Å². The van der Waals surface area contributed by atoms with Crippen molar-refractivity contribution in [2.75, 3.05) is 0 Å². The van der Waals surface area contributed by atoms with Crippen LogP contribution >= 0.6 is 0 Å². The van der Waals surface area contributed by atoms with Crippen molar-refractivity contribution in [1.29, 1.82) is 5.26 Å². The minimum atomic E-state index is 0.577. The van der Waals surface area contributed by atoms with E-state index >= 15 is 0 Å². The first-order valence-electron chi connectivity index (χ1n) is 11.3. The molecule has 0 aliphatic heterocycles. The van der Waals surface area contributed by atoms with E-state index in [4.69, 9.17) is 4.99 Å². The molecule has 5 rings (SSSR count). The zero-order valence-corrected chi connectivity index (χ0v) is 18.7. The van der Waals surface area contributed by atoms with Crippen LogP contribution in [0, 0.1) is 11.3 Å². The molecule has 5 aromatic rings. The van der Waals surface area contributed by atoms with Crippen LogP contribution in [0.4, 0.5) is 5.82 Å². The Labute approximate surface area is 199 Å². The van der Waals surface area contributed by atoms with E-state index < -0.39 is 0 Å². The lowest BCUT2D eigenvalue weighted by Crippen LogP contribution is -2.02. The van der Waals surface area contributed by atoms with Crippen LogP contribution in [0.1, 0.15) is 16.7 Å². The zero-order valence-electron chi connectivity index (χ0n) is 18.7. The van der Waals surface area contributed by atoms with Crippen molar-refractivity contribution in [3.8, 4) is 28.5 Å². The Balaban J connectivity index is 1.81. The second kappa shape index (κ2) is 9.85. The first-order valence-corrected chi connectivity index (χ1v) is 11.3. The number of rotatable bonds is 6. The summed E-state index contributed by atoms with van der Waals surface area (Å²) in [5.74, 6) is 0.660. The molecule has 0 spiro atoms. The smallest absolute Gasteiger partial charge is 0.152 e. The second-order valence-electron chi connectivity index (χ2n) is 8.01. The fraction of sp³-hybridized carbons (Fsp3) is 0.0323. The number of benzene rings is 4. The third-order valence-corrected chi connectivity index (χ3v) is 5.78. The van der Waals surface area contributed by atoms with Gasteiger partial charge in [0.05, 0.1) is 5.69 Å². The molecule has 0 amide bonds. The topological polar surface area (TPSA) is 41.1 Å². The van der Waals surface area contributed by atoms with Crippen LogP contribution in [-0.4, -0.2) is 10.8 Å². The van der Waals surface area contributed by atoms with Gasteiger partial charge in [-0.05, 0) is 22.3 Å². The van der Waals surface area contributed by atoms with E-state index in [9.17, 15) is 5.26 Å². The molecule has 34 heavy (non-hydrogen) atoms. The highest BCUT2D eigenvalue weighted by molar-refractivity contribution is 5.92. The minimum absolute atomic E-state index is 0.577. The molecule has 0 atom stereocenters. The molecular formula is C31H23N3. The van der Waals surface area contributed by atoms with E-state index in [-0.39, 0.29) is 0 Å². The highest BCUT2D eigenvalue weighted by Gasteiger charge is 2.25. The first kappa shape index (κ1) is 21.2. The van der Waals surface area contributed by atoms with E-state index in [1.54, 1.807) is 0 Å². The molecule has 0 N–H and O–H groups in total. The summed E-state index contributed by atoms with van der Waals surface area (Å²) in [6.07, 6.45) is 1.83. The molecule has 0 saturated carbocycles. The predicted molar refractivity (Wildman–Crippen MR) is 139 cm³/mol. The van der Waals surface area contributed by atoms with Gasteiger partial charge in [0, 0.05) is 18.3 Å². The van der Waals surface area contributed by atoms with E-state index in [1.807, 2.05) is 91.1 Å². The van der Waals surface area contributed by atoms with E-state index in [1.165, 1.54) is 0 Å². The van der Waals surface area contributed by atoms with Gasteiger partial charge in [-0.3, -0.25) is 0 Å². The average Bonchev–Trinajstić information content (AvgIpc) is 3.22. The molecule has 0 bridgehead atoms. The molecule has 0 unspecified atom stereocenters. The molecule has 0 saturated heterocycles. The highest BCUT2D eigenvalue weighted by atomic mass is 15.1. The van der Waals surface area contributed by atoms with Gasteiger partial charge in [-0.1, -0.05) is 121 Å². The average molecular weight is 438 g/mol. The number of hydrogen-bond donors (Lipinski definition) is 0. The summed E-state index contributed by atoms with van der Waals surface area (Å²) in [4.78, 5) is 4.89. The molecular weight excluding hydrogens is 414 g/mol. The van der Waals surface area contributed by atoms with Crippen molar-refractivity contribution in [3.05, 3.63) is 138 Å². The predicted octanol–water partition coefficient (Wildman–Crippen LogP) is 7.49. The van der Waals surface area contributed by atoms with Crippen LogP contribution < -0.4 is 0 Å². The largest absolute Gasteiger partial charge is 0.320 e. The molecule has 0 fully saturated rings. The lowest BCUT2D eigenvalue weighted by atomic mass is 9.98. The summed E-state index contributed by atoms with van der Waals surface area (Å²) >= 11 is 0. The van der Waals surface area contributed by atoms with Crippen LogP contribution in [0.25, 0.3) is 22.4 Å². The first-order chi connectivity index (χ1) is 16.8. The lowest BCUT2D eigenvalue weighted by molar-refractivity contribution is 0.816. The maximum atomic E-state index is 10.4. The maximum absolute atomic E-state index is 10.4. The van der Waals surface area contributed by atoms with Crippen LogP contribution in [0.2, 0.25) is 0 Å². The van der Waals surface area contributed by atoms with Gasteiger partial charge in [0.15, 0.2) is 5.82 Å². The molecule has 0 aliphatic carbocycles. The van der Waals surface area contributed by atoms with Gasteiger partial charge in [0.25, 0.3) is 0 Å². The molecule has 1 heterocycles. The maximum Gasteiger partial charge on any atom is 0.152 e. The molecule has 3 heteroatoms. The number of nitriles is 1. The van der Waals surface area contributed by atoms with Gasteiger partial charge in [0.2, 0.25) is 0 Å². The summed E-state index contributed by atoms with van der Waals surface area (Å²) in [6.45, 7) is 0.605. The summed E-state index contributed by atoms with van der Waals surface area (Å²) < 4.78 is 2.17. The van der Waals surface area contributed by atoms with Crippen LogP contribution in [0.3, 0.4) is 0 Å². The summed E-state index contributed by atoms with van der Waals surface area (Å²) in [7, 11) is 0. The van der Waals surface area contributed by atoms with Gasteiger partial charge < -0.3 is 4.57 Å². The molecule has 162 valence electrons. The summed E-state index contributed by atoms with van der Waals surface area (Å²) in [5, 5.41) is 10.4. The normalized spacial score (nSPS) is 10.9. The molecule has 4 aromatic carbocycles. The summed E-state index contributed by atoms with van der Waals surface area (Å²) in [5.41, 5.74) is 6.66. The van der Waals surface area contributed by atoms with Crippen molar-refractivity contribution < 1.29 is 0 Å². The quantitative estimate of drug-likeness (QED) is 0.254. The van der Waals surface area contributed by atoms with Gasteiger partial charge in [0.1, 0.15) is 11.6 Å². The third kappa shape index (κ3) is 4.30. The van der Waals surface area contributed by atoms with Crippen molar-refractivity contribution in [1.82, 2.24) is 4.57 Å². The van der Waals surface area contributed by atoms with Gasteiger partial charge in [-0.2, -0.15) is 5.26 Å². The Morgan fingerprint density at radius 2 is 1.21 bits per heavy atom. The van der Waals surface area contributed by atoms with Gasteiger partial charge >= 0.3 is 0 Å². The van der Waals surface area contributed by atoms with Crippen LogP contribution in [-0.2, 0) is 6.54 Å². The number of aliphatic imine (C=N–C) groups is 1. The Bertz CT molecular complexity index is 1440. The standard InChI is InChI=1S/C31H23N3/c32-21-28-29(26-17-9-3-10-18-26)30(27-19-11-4-12-20-27)34(23-25-15-7-2-8-16-25)31(28)33-22-24-13-5-1-6-14-24/h1-20,22H,23H2/b33-22+. The van der Waals surface area contributed by atoms with Crippen molar-refractivity contribution in [3.63, 3.8) is 0 Å². The number of hydrogen-bond acceptors (Lipinski definition) is 2. The monoisotopic (exact) mass is 437 g/mol. The number of nitrogens with zero attached hydrogens (tertiary/aromatic N) is 3. The van der Waals surface area contributed by atoms with Crippen molar-refractivity contribution in [2.24, 2.45) is 4.99 Å². The molecule has 0 aliphatic rings. The second-order valence-corrected chi connectivity index (χ2v) is 8.01. The minimum Gasteiger partial charge on any atom is -0.320 e. The van der Waals surface area contributed by atoms with Crippen molar-refractivity contribution in [2.45, 2.75) is 6.54 Å². The molecule has 1 aromatic heterocycles. The lowest BCUT2D eigenvalue weighted by Gasteiger charge is -2.13. The van der Waals surface area contributed by atoms with Gasteiger partial charge in [-0.25, -0.2) is 4.99 Å². The van der Waals surface area contributed by atoms with E-state index in [0.29, 0.717) is 17.9 Å². The van der Waals surface area contributed by atoms with Crippen LogP contribution in [0.5, 0.6) is 0 Å². The summed E-state index contributed by atoms with van der Waals surface area (Å²) in [6, 6.07) is 43.1. The highest BCUT2D eigenvalue weighted by Crippen LogP contribution is 2.43. The Morgan fingerprint density at radius 3 is 1.79 bits per heavy atom. The Morgan fingerprint density at radius 1 is 0.676 bits per heavy atom. The fourth-order valence-corrected chi connectivity index (χ4v) is 4.22. The fourth-order valence-electron chi connectivity index (χ4n) is 4.22. The Hall–Kier alpha value is -4.68. The SMILES string of the molecule is N#Cc1c(-c2ccccc2)c(-c2ccccc2)n(Cc2ccccc2)c1/N=C/c1ccccc1. The zero-order chi connectivity index (χ0) is 23.2. The van der Waals surface area contributed by atoms with E-state index in [0.717, 1.165) is 33.5 Å². The van der Waals surface area contributed by atoms with Crippen LogP contribution in [0.15, 0.2) is 126 Å². The van der Waals surface area contributed by atoms with Gasteiger partial charge in [-0.15, -0.1) is 0 Å². The third-order valence-electron chi connectivity index (χ3n) is 5.78. The molecule has 0 radical (unpaired) electrons. The molecule has 3 nitrogen and oxygen atoms in total.